The molecule has 2 fully saturated rings. The van der Waals surface area contributed by atoms with Crippen molar-refractivity contribution in [1.82, 2.24) is 20.3 Å². The van der Waals surface area contributed by atoms with Crippen LogP contribution < -0.4 is 15.0 Å². The standard InChI is InChI=1S/C19H18FN5O2S/c20-12-6-21-19(22-7-12)25-8-13(9-25)24-18(26)11-4-14(5-11)27-15-2-1-3-16-17(15)23-10-28-16/h1-3,6-7,10-11,13-14H,4-5,8-9H2,(H,24,26)/t11-,14-. The predicted octanol–water partition coefficient (Wildman–Crippen LogP) is 2.39. The first kappa shape index (κ1) is 17.3. The van der Waals surface area contributed by atoms with Crippen LogP contribution in [-0.4, -0.2) is 46.1 Å². The summed E-state index contributed by atoms with van der Waals surface area (Å²) in [6, 6.07) is 5.99. The number of thiazole rings is 1. The monoisotopic (exact) mass is 399 g/mol. The Labute approximate surface area is 164 Å². The highest BCUT2D eigenvalue weighted by molar-refractivity contribution is 7.16. The zero-order valence-electron chi connectivity index (χ0n) is 14.9. The van der Waals surface area contributed by atoms with Gasteiger partial charge in [-0.1, -0.05) is 6.07 Å². The van der Waals surface area contributed by atoms with Gasteiger partial charge in [0.15, 0.2) is 5.82 Å². The number of rotatable bonds is 5. The number of hydrogen-bond acceptors (Lipinski definition) is 7. The Morgan fingerprint density at radius 1 is 1.21 bits per heavy atom. The molecular formula is C19H18FN5O2S. The molecule has 28 heavy (non-hydrogen) atoms. The highest BCUT2D eigenvalue weighted by Gasteiger charge is 2.39. The van der Waals surface area contributed by atoms with Crippen LogP contribution in [0.4, 0.5) is 10.3 Å². The zero-order valence-corrected chi connectivity index (χ0v) is 15.7. The lowest BCUT2D eigenvalue weighted by Gasteiger charge is -2.41. The predicted molar refractivity (Wildman–Crippen MR) is 103 cm³/mol. The minimum absolute atomic E-state index is 0.0178. The summed E-state index contributed by atoms with van der Waals surface area (Å²) in [6.45, 7) is 1.27. The molecule has 3 aromatic rings. The van der Waals surface area contributed by atoms with Gasteiger partial charge in [0.2, 0.25) is 11.9 Å². The van der Waals surface area contributed by atoms with Crippen molar-refractivity contribution in [2.45, 2.75) is 25.0 Å². The van der Waals surface area contributed by atoms with E-state index in [1.807, 2.05) is 28.6 Å². The third-order valence-electron chi connectivity index (χ3n) is 5.20. The molecule has 1 saturated heterocycles. The van der Waals surface area contributed by atoms with E-state index in [9.17, 15) is 9.18 Å². The van der Waals surface area contributed by atoms with Crippen LogP contribution in [0, 0.1) is 11.7 Å². The van der Waals surface area contributed by atoms with E-state index in [1.54, 1.807) is 11.3 Å². The van der Waals surface area contributed by atoms with Crippen molar-refractivity contribution in [2.24, 2.45) is 5.92 Å². The topological polar surface area (TPSA) is 80.2 Å². The molecule has 0 radical (unpaired) electrons. The number of nitrogens with one attached hydrogen (secondary N) is 1. The minimum Gasteiger partial charge on any atom is -0.488 e. The minimum atomic E-state index is -0.457. The van der Waals surface area contributed by atoms with Crippen molar-refractivity contribution in [2.75, 3.05) is 18.0 Å². The molecule has 7 nitrogen and oxygen atoms in total. The third kappa shape index (κ3) is 3.26. The van der Waals surface area contributed by atoms with Gasteiger partial charge in [-0.2, -0.15) is 0 Å². The summed E-state index contributed by atoms with van der Waals surface area (Å²) in [4.78, 5) is 26.6. The van der Waals surface area contributed by atoms with Crippen molar-refractivity contribution in [3.8, 4) is 5.75 Å². The number of fused-ring (bicyclic) bond motifs is 1. The molecule has 1 aliphatic carbocycles. The maximum Gasteiger partial charge on any atom is 0.225 e. The van der Waals surface area contributed by atoms with Gasteiger partial charge in [0, 0.05) is 19.0 Å². The van der Waals surface area contributed by atoms with Crippen LogP contribution in [0.3, 0.4) is 0 Å². The van der Waals surface area contributed by atoms with Gasteiger partial charge < -0.3 is 15.0 Å². The molecule has 1 saturated carbocycles. The van der Waals surface area contributed by atoms with Gasteiger partial charge in [-0.25, -0.2) is 19.3 Å². The number of carbonyl (C=O) groups excluding carboxylic acids is 1. The molecule has 0 atom stereocenters. The second-order valence-corrected chi connectivity index (χ2v) is 8.06. The second-order valence-electron chi connectivity index (χ2n) is 7.18. The fraction of sp³-hybridized carbons (Fsp3) is 0.368. The van der Waals surface area contributed by atoms with Gasteiger partial charge in [-0.15, -0.1) is 11.3 Å². The quantitative estimate of drug-likeness (QED) is 0.710. The molecule has 144 valence electrons. The Morgan fingerprint density at radius 3 is 2.79 bits per heavy atom. The first-order chi connectivity index (χ1) is 13.7. The molecule has 1 aromatic carbocycles. The largest absolute Gasteiger partial charge is 0.488 e. The number of para-hydroxylation sites is 1. The first-order valence-electron chi connectivity index (χ1n) is 9.17. The van der Waals surface area contributed by atoms with Gasteiger partial charge >= 0.3 is 0 Å². The van der Waals surface area contributed by atoms with Gasteiger partial charge in [0.1, 0.15) is 17.4 Å². The number of ether oxygens (including phenoxy) is 1. The molecule has 1 N–H and O–H groups in total. The van der Waals surface area contributed by atoms with E-state index in [0.29, 0.717) is 31.9 Å². The maximum atomic E-state index is 12.9. The van der Waals surface area contributed by atoms with E-state index in [0.717, 1.165) is 28.4 Å². The van der Waals surface area contributed by atoms with Crippen molar-refractivity contribution in [3.05, 3.63) is 41.9 Å². The van der Waals surface area contributed by atoms with Crippen LogP contribution in [0.2, 0.25) is 0 Å². The molecular weight excluding hydrogens is 381 g/mol. The molecule has 0 bridgehead atoms. The number of hydrogen-bond donors (Lipinski definition) is 1. The summed E-state index contributed by atoms with van der Waals surface area (Å²) < 4.78 is 20.0. The lowest BCUT2D eigenvalue weighted by molar-refractivity contribution is -0.131. The third-order valence-corrected chi connectivity index (χ3v) is 5.99. The lowest BCUT2D eigenvalue weighted by atomic mass is 9.81. The Kier molecular flexibility index (Phi) is 4.31. The molecule has 3 heterocycles. The van der Waals surface area contributed by atoms with Crippen molar-refractivity contribution < 1.29 is 13.9 Å². The van der Waals surface area contributed by atoms with E-state index in [2.05, 4.69) is 20.3 Å². The number of carbonyl (C=O) groups is 1. The van der Waals surface area contributed by atoms with E-state index >= 15 is 0 Å². The smallest absolute Gasteiger partial charge is 0.225 e. The van der Waals surface area contributed by atoms with Crippen LogP contribution in [0.5, 0.6) is 5.75 Å². The summed E-state index contributed by atoms with van der Waals surface area (Å²) in [5, 5.41) is 3.06. The maximum absolute atomic E-state index is 12.9. The molecule has 0 spiro atoms. The Hall–Kier alpha value is -2.81. The Balaban J connectivity index is 1.08. The summed E-state index contributed by atoms with van der Waals surface area (Å²) >= 11 is 1.59. The van der Waals surface area contributed by atoms with Crippen LogP contribution in [0.1, 0.15) is 12.8 Å². The normalized spacial score (nSPS) is 21.8. The molecule has 0 unspecified atom stereocenters. The molecule has 5 rings (SSSR count). The van der Waals surface area contributed by atoms with Crippen LogP contribution in [0.25, 0.3) is 10.2 Å². The van der Waals surface area contributed by atoms with Gasteiger partial charge in [-0.05, 0) is 25.0 Å². The van der Waals surface area contributed by atoms with Crippen molar-refractivity contribution in [3.63, 3.8) is 0 Å². The summed E-state index contributed by atoms with van der Waals surface area (Å²) in [6.07, 6.45) is 3.77. The average molecular weight is 399 g/mol. The summed E-state index contributed by atoms with van der Waals surface area (Å²) in [5.74, 6) is 0.866. The SMILES string of the molecule is O=C(NC1CN(c2ncc(F)cn2)C1)[C@H]1C[C@H](Oc2cccc3scnc23)C1. The van der Waals surface area contributed by atoms with Crippen molar-refractivity contribution >= 4 is 33.4 Å². The Morgan fingerprint density at radius 2 is 2.00 bits per heavy atom. The molecule has 2 aliphatic rings. The number of aromatic nitrogens is 3. The van der Waals surface area contributed by atoms with Gasteiger partial charge in [0.25, 0.3) is 0 Å². The van der Waals surface area contributed by atoms with Crippen LogP contribution >= 0.6 is 11.3 Å². The second kappa shape index (κ2) is 6.97. The first-order valence-corrected chi connectivity index (χ1v) is 10.1. The fourth-order valence-corrected chi connectivity index (χ4v) is 4.23. The number of nitrogens with zero attached hydrogens (tertiary/aromatic N) is 4. The van der Waals surface area contributed by atoms with Crippen molar-refractivity contribution in [1.29, 1.82) is 0 Å². The number of benzene rings is 1. The van der Waals surface area contributed by atoms with Crippen LogP contribution in [-0.2, 0) is 4.79 Å². The van der Waals surface area contributed by atoms with E-state index in [-0.39, 0.29) is 24.0 Å². The average Bonchev–Trinajstić information content (AvgIpc) is 3.11. The van der Waals surface area contributed by atoms with E-state index < -0.39 is 5.82 Å². The van der Waals surface area contributed by atoms with E-state index in [1.165, 1.54) is 0 Å². The number of halogens is 1. The molecule has 1 aliphatic heterocycles. The Bertz CT molecular complexity index is 999. The zero-order chi connectivity index (χ0) is 19.1. The van der Waals surface area contributed by atoms with Crippen LogP contribution in [0.15, 0.2) is 36.1 Å². The molecule has 9 heteroatoms. The lowest BCUT2D eigenvalue weighted by Crippen LogP contribution is -2.61. The molecule has 2 aromatic heterocycles. The molecule has 1 amide bonds. The van der Waals surface area contributed by atoms with Gasteiger partial charge in [0.05, 0.1) is 28.6 Å². The highest BCUT2D eigenvalue weighted by Crippen LogP contribution is 2.35. The van der Waals surface area contributed by atoms with Gasteiger partial charge in [-0.3, -0.25) is 4.79 Å². The number of amides is 1. The highest BCUT2D eigenvalue weighted by atomic mass is 32.1. The number of anilines is 1. The fourth-order valence-electron chi connectivity index (χ4n) is 3.53. The summed E-state index contributed by atoms with van der Waals surface area (Å²) in [5.41, 5.74) is 2.70. The summed E-state index contributed by atoms with van der Waals surface area (Å²) in [7, 11) is 0. The van der Waals surface area contributed by atoms with E-state index in [4.69, 9.17) is 4.74 Å².